The molecule has 0 bridgehead atoms. The summed E-state index contributed by atoms with van der Waals surface area (Å²) in [5.74, 6) is 0.312. The second kappa shape index (κ2) is 17.8. The number of likely N-dealkylation sites (tertiary alicyclic amines) is 1. The first kappa shape index (κ1) is 44.3. The number of hydrogen-bond acceptors (Lipinski definition) is 8. The molecule has 308 valence electrons. The number of likely N-dealkylation sites (N-methyl/N-ethyl adjacent to an activating group) is 1. The monoisotopic (exact) mass is 813 g/mol. The standard InChI is InChI=1S/C39H49F6N5O5S/c1-36(2,3)54-34(52)48(7)20-21-50(35(53)55-37(4,5)6)31-14-12-26(23-29(31)39(43,44)45)46-18-16-33(51)49-19-9-8-10-27(49)24-56-32-15-17-47-30-22-25(38(40,41)42)11-13-28(30)32/h11-15,17,22-23,27,46H,8-10,16,18-21,24H2,1-7H3. The van der Waals surface area contributed by atoms with E-state index in [4.69, 9.17) is 9.47 Å². The molecular weight excluding hydrogens is 765 g/mol. The van der Waals surface area contributed by atoms with Crippen molar-refractivity contribution >= 4 is 52.1 Å². The van der Waals surface area contributed by atoms with Crippen molar-refractivity contribution in [3.8, 4) is 0 Å². The Balaban J connectivity index is 1.45. The highest BCUT2D eigenvalue weighted by molar-refractivity contribution is 7.99. The molecule has 1 unspecified atom stereocenters. The third-order valence-corrected chi connectivity index (χ3v) is 9.87. The minimum absolute atomic E-state index is 0.0102. The summed E-state index contributed by atoms with van der Waals surface area (Å²) in [5, 5.41) is 3.49. The van der Waals surface area contributed by atoms with Gasteiger partial charge >= 0.3 is 24.5 Å². The van der Waals surface area contributed by atoms with Crippen molar-refractivity contribution in [2.75, 3.05) is 49.2 Å². The van der Waals surface area contributed by atoms with Crippen molar-refractivity contribution in [2.45, 2.75) is 102 Å². The number of thioether (sulfide) groups is 1. The van der Waals surface area contributed by atoms with Crippen LogP contribution in [0.3, 0.4) is 0 Å². The van der Waals surface area contributed by atoms with E-state index < -0.39 is 52.6 Å². The van der Waals surface area contributed by atoms with Gasteiger partial charge in [-0.15, -0.1) is 11.8 Å². The predicted octanol–water partition coefficient (Wildman–Crippen LogP) is 9.86. The molecule has 17 heteroatoms. The first-order chi connectivity index (χ1) is 25.9. The fraction of sp³-hybridized carbons (Fsp3) is 0.538. The van der Waals surface area contributed by atoms with Crippen LogP contribution in [-0.4, -0.2) is 89.1 Å². The van der Waals surface area contributed by atoms with E-state index in [0.717, 1.165) is 58.2 Å². The minimum Gasteiger partial charge on any atom is -0.444 e. The highest BCUT2D eigenvalue weighted by Crippen LogP contribution is 2.39. The second-order valence-corrected chi connectivity index (χ2v) is 16.6. The Bertz CT molecular complexity index is 1860. The van der Waals surface area contributed by atoms with Gasteiger partial charge in [0.1, 0.15) is 11.2 Å². The smallest absolute Gasteiger partial charge is 0.418 e. The average molecular weight is 814 g/mol. The number of nitrogens with zero attached hydrogens (tertiary/aromatic N) is 4. The molecule has 1 atom stereocenters. The summed E-state index contributed by atoms with van der Waals surface area (Å²) in [6.45, 7) is 9.82. The lowest BCUT2D eigenvalue weighted by Gasteiger charge is -2.36. The molecule has 2 heterocycles. The Morgan fingerprint density at radius 3 is 2.20 bits per heavy atom. The quantitative estimate of drug-likeness (QED) is 0.151. The lowest BCUT2D eigenvalue weighted by molar-refractivity contribution is -0.138. The summed E-state index contributed by atoms with van der Waals surface area (Å²) in [5.41, 5.74) is -3.91. The Kier molecular flexibility index (Phi) is 14.1. The van der Waals surface area contributed by atoms with Gasteiger partial charge in [-0.3, -0.25) is 14.7 Å². The molecule has 0 spiro atoms. The van der Waals surface area contributed by atoms with Gasteiger partial charge in [0.05, 0.1) is 22.3 Å². The molecule has 3 aromatic rings. The lowest BCUT2D eigenvalue weighted by Crippen LogP contribution is -2.45. The van der Waals surface area contributed by atoms with Crippen LogP contribution in [0.25, 0.3) is 10.9 Å². The van der Waals surface area contributed by atoms with Crippen LogP contribution < -0.4 is 10.2 Å². The molecule has 0 saturated carbocycles. The lowest BCUT2D eigenvalue weighted by atomic mass is 10.0. The fourth-order valence-corrected chi connectivity index (χ4v) is 7.19. The molecule has 4 rings (SSSR count). The van der Waals surface area contributed by atoms with Crippen LogP contribution in [0.1, 0.15) is 78.4 Å². The number of aromatic nitrogens is 1. The number of ether oxygens (including phenoxy) is 2. The molecule has 56 heavy (non-hydrogen) atoms. The van der Waals surface area contributed by atoms with E-state index in [0.29, 0.717) is 17.7 Å². The molecule has 0 radical (unpaired) electrons. The number of anilines is 2. The third-order valence-electron chi connectivity index (χ3n) is 8.65. The number of carbonyl (C=O) groups excluding carboxylic acids is 3. The van der Waals surface area contributed by atoms with Crippen LogP contribution in [0.5, 0.6) is 0 Å². The van der Waals surface area contributed by atoms with E-state index in [1.807, 2.05) is 0 Å². The number of halogens is 6. The molecule has 10 nitrogen and oxygen atoms in total. The number of rotatable bonds is 11. The number of fused-ring (bicyclic) bond motifs is 1. The first-order valence-electron chi connectivity index (χ1n) is 18.2. The molecule has 1 saturated heterocycles. The molecular formula is C39H49F6N5O5S. The van der Waals surface area contributed by atoms with Gasteiger partial charge in [-0.2, -0.15) is 26.3 Å². The van der Waals surface area contributed by atoms with Crippen molar-refractivity contribution in [3.63, 3.8) is 0 Å². The highest BCUT2D eigenvalue weighted by Gasteiger charge is 2.38. The molecule has 1 fully saturated rings. The van der Waals surface area contributed by atoms with E-state index in [2.05, 4.69) is 10.3 Å². The van der Waals surface area contributed by atoms with E-state index in [-0.39, 0.29) is 49.2 Å². The zero-order valence-electron chi connectivity index (χ0n) is 32.6. The fourth-order valence-electron chi connectivity index (χ4n) is 5.99. The van der Waals surface area contributed by atoms with Crippen LogP contribution in [-0.2, 0) is 26.6 Å². The molecule has 2 aromatic carbocycles. The molecule has 1 N–H and O–H groups in total. The minimum atomic E-state index is -4.89. The van der Waals surface area contributed by atoms with E-state index in [1.165, 1.54) is 37.1 Å². The maximum atomic E-state index is 14.6. The van der Waals surface area contributed by atoms with E-state index in [1.54, 1.807) is 52.5 Å². The van der Waals surface area contributed by atoms with Gasteiger partial charge in [0, 0.05) is 73.6 Å². The van der Waals surface area contributed by atoms with Crippen LogP contribution >= 0.6 is 11.8 Å². The summed E-state index contributed by atoms with van der Waals surface area (Å²) < 4.78 is 94.3. The number of piperidine rings is 1. The summed E-state index contributed by atoms with van der Waals surface area (Å²) in [7, 11) is 1.41. The summed E-state index contributed by atoms with van der Waals surface area (Å²) in [4.78, 5) is 47.9. The topological polar surface area (TPSA) is 104 Å². The maximum absolute atomic E-state index is 14.6. The Labute approximate surface area is 327 Å². The second-order valence-electron chi connectivity index (χ2n) is 15.5. The van der Waals surface area contributed by atoms with Crippen LogP contribution in [0.4, 0.5) is 47.3 Å². The molecule has 1 aromatic heterocycles. The number of benzene rings is 2. The number of carbonyl (C=O) groups is 3. The number of hydrogen-bond donors (Lipinski definition) is 1. The van der Waals surface area contributed by atoms with Crippen LogP contribution in [0.15, 0.2) is 53.6 Å². The van der Waals surface area contributed by atoms with Crippen molar-refractivity contribution in [2.24, 2.45) is 0 Å². The van der Waals surface area contributed by atoms with Gasteiger partial charge in [-0.05, 0) is 97.2 Å². The van der Waals surface area contributed by atoms with E-state index in [9.17, 15) is 40.7 Å². The van der Waals surface area contributed by atoms with Gasteiger partial charge in [0.2, 0.25) is 5.91 Å². The Morgan fingerprint density at radius 1 is 0.875 bits per heavy atom. The first-order valence-corrected chi connectivity index (χ1v) is 19.2. The van der Waals surface area contributed by atoms with Gasteiger partial charge in [0.15, 0.2) is 0 Å². The van der Waals surface area contributed by atoms with Crippen molar-refractivity contribution in [1.29, 1.82) is 0 Å². The maximum Gasteiger partial charge on any atom is 0.418 e. The van der Waals surface area contributed by atoms with Crippen molar-refractivity contribution < 1.29 is 50.2 Å². The van der Waals surface area contributed by atoms with Gasteiger partial charge in [-0.1, -0.05) is 6.07 Å². The number of nitrogens with one attached hydrogen (secondary N) is 1. The van der Waals surface area contributed by atoms with Crippen molar-refractivity contribution in [1.82, 2.24) is 14.8 Å². The van der Waals surface area contributed by atoms with Gasteiger partial charge < -0.3 is 24.6 Å². The number of alkyl halides is 6. The van der Waals surface area contributed by atoms with Gasteiger partial charge in [0.25, 0.3) is 0 Å². The largest absolute Gasteiger partial charge is 0.444 e. The molecule has 1 aliphatic heterocycles. The number of pyridine rings is 1. The Morgan fingerprint density at radius 2 is 1.55 bits per heavy atom. The number of amides is 3. The van der Waals surface area contributed by atoms with Crippen LogP contribution in [0, 0.1) is 0 Å². The summed E-state index contributed by atoms with van der Waals surface area (Å²) in [6.07, 6.45) is -7.27. The highest BCUT2D eigenvalue weighted by atomic mass is 32.2. The van der Waals surface area contributed by atoms with E-state index >= 15 is 0 Å². The van der Waals surface area contributed by atoms with Gasteiger partial charge in [-0.25, -0.2) is 9.59 Å². The summed E-state index contributed by atoms with van der Waals surface area (Å²) >= 11 is 1.43. The zero-order valence-corrected chi connectivity index (χ0v) is 33.4. The molecule has 3 amide bonds. The summed E-state index contributed by atoms with van der Waals surface area (Å²) in [6, 6.07) is 8.41. The normalized spacial score (nSPS) is 15.4. The van der Waals surface area contributed by atoms with Crippen LogP contribution in [0.2, 0.25) is 0 Å². The average Bonchev–Trinajstić information content (AvgIpc) is 3.08. The van der Waals surface area contributed by atoms with Crippen molar-refractivity contribution in [3.05, 3.63) is 59.8 Å². The molecule has 0 aliphatic carbocycles. The third kappa shape index (κ3) is 12.5. The Hall–Kier alpha value is -4.41. The predicted molar refractivity (Wildman–Crippen MR) is 204 cm³/mol. The molecule has 1 aliphatic rings. The zero-order chi connectivity index (χ0) is 41.6. The SMILES string of the molecule is CN(CCN(C(=O)OC(C)(C)C)c1ccc(NCCC(=O)N2CCCCC2CSc2ccnc3cc(C(F)(F)F)ccc23)cc1C(F)(F)F)C(=O)OC(C)(C)C.